The van der Waals surface area contributed by atoms with Gasteiger partial charge in [0.2, 0.25) is 5.91 Å². The number of para-hydroxylation sites is 1. The largest absolute Gasteiger partial charge is 0.493 e. The molecule has 2 aromatic heterocycles. The van der Waals surface area contributed by atoms with Crippen molar-refractivity contribution in [2.24, 2.45) is 0 Å². The Labute approximate surface area is 182 Å². The molecule has 1 aromatic carbocycles. The number of hydrogen-bond acceptors (Lipinski definition) is 7. The molecule has 0 saturated carbocycles. The highest BCUT2D eigenvalue weighted by molar-refractivity contribution is 7.14. The topological polar surface area (TPSA) is 111 Å². The average Bonchev–Trinajstić information content (AvgIpc) is 3.50. The molecule has 3 amide bonds. The quantitative estimate of drug-likeness (QED) is 0.553. The number of carbonyl (C=O) groups excluding carboxylic acids is 2. The van der Waals surface area contributed by atoms with E-state index in [1.54, 1.807) is 41.4 Å². The van der Waals surface area contributed by atoms with Crippen LogP contribution in [0.2, 0.25) is 0 Å². The number of anilines is 2. The second-order valence-corrected chi connectivity index (χ2v) is 7.59. The molecule has 1 saturated heterocycles. The number of ether oxygens (including phenoxy) is 2. The zero-order valence-corrected chi connectivity index (χ0v) is 17.9. The Morgan fingerprint density at radius 2 is 2.16 bits per heavy atom. The second-order valence-electron chi connectivity index (χ2n) is 6.76. The summed E-state index contributed by atoms with van der Waals surface area (Å²) in [5, 5.41) is 12.3. The van der Waals surface area contributed by atoms with E-state index >= 15 is 0 Å². The molecular formula is C20H22N6O4S. The molecule has 3 heterocycles. The van der Waals surface area contributed by atoms with E-state index in [1.807, 2.05) is 18.2 Å². The molecule has 0 spiro atoms. The molecule has 10 nitrogen and oxygen atoms in total. The van der Waals surface area contributed by atoms with Crippen molar-refractivity contribution in [3.05, 3.63) is 47.1 Å². The highest BCUT2D eigenvalue weighted by Crippen LogP contribution is 2.31. The van der Waals surface area contributed by atoms with E-state index < -0.39 is 0 Å². The van der Waals surface area contributed by atoms with E-state index in [0.717, 1.165) is 5.56 Å². The molecule has 1 aliphatic rings. The van der Waals surface area contributed by atoms with Crippen molar-refractivity contribution in [1.29, 1.82) is 0 Å². The first-order valence-corrected chi connectivity index (χ1v) is 10.5. The Kier molecular flexibility index (Phi) is 6.03. The number of carbonyl (C=O) groups is 2. The van der Waals surface area contributed by atoms with Crippen LogP contribution in [0.25, 0.3) is 0 Å². The van der Waals surface area contributed by atoms with Crippen molar-refractivity contribution in [1.82, 2.24) is 20.1 Å². The fraction of sp³-hybridized carbons (Fsp3) is 0.300. The number of nitrogens with one attached hydrogen (secondary N) is 2. The minimum atomic E-state index is -0.220. The lowest BCUT2D eigenvalue weighted by molar-refractivity contribution is -0.115. The summed E-state index contributed by atoms with van der Waals surface area (Å²) in [5.74, 6) is 1.59. The monoisotopic (exact) mass is 442 g/mol. The van der Waals surface area contributed by atoms with Crippen LogP contribution in [0.3, 0.4) is 0 Å². The number of amides is 3. The number of methoxy groups -OCH3 is 2. The zero-order valence-electron chi connectivity index (χ0n) is 17.1. The molecule has 31 heavy (non-hydrogen) atoms. The third kappa shape index (κ3) is 4.45. The molecule has 0 atom stereocenters. The second kappa shape index (κ2) is 9.04. The molecule has 0 unspecified atom stereocenters. The van der Waals surface area contributed by atoms with Crippen molar-refractivity contribution in [2.45, 2.75) is 13.0 Å². The summed E-state index contributed by atoms with van der Waals surface area (Å²) in [6, 6.07) is 7.18. The minimum absolute atomic E-state index is 0.0968. The molecule has 3 aromatic rings. The van der Waals surface area contributed by atoms with Crippen LogP contribution in [-0.2, 0) is 17.8 Å². The summed E-state index contributed by atoms with van der Waals surface area (Å²) in [6.07, 6.45) is 1.72. The summed E-state index contributed by atoms with van der Waals surface area (Å²) in [4.78, 5) is 30.3. The maximum absolute atomic E-state index is 12.6. The zero-order chi connectivity index (χ0) is 21.8. The van der Waals surface area contributed by atoms with E-state index in [1.165, 1.54) is 11.3 Å². The highest BCUT2D eigenvalue weighted by atomic mass is 32.1. The summed E-state index contributed by atoms with van der Waals surface area (Å²) < 4.78 is 12.5. The lowest BCUT2D eigenvalue weighted by atomic mass is 10.2. The maximum atomic E-state index is 12.6. The predicted octanol–water partition coefficient (Wildman–Crippen LogP) is 2.12. The van der Waals surface area contributed by atoms with Gasteiger partial charge in [0.1, 0.15) is 5.82 Å². The van der Waals surface area contributed by atoms with Crippen LogP contribution in [0.1, 0.15) is 11.3 Å². The summed E-state index contributed by atoms with van der Waals surface area (Å²) in [6.45, 7) is 1.56. The highest BCUT2D eigenvalue weighted by Gasteiger charge is 2.24. The van der Waals surface area contributed by atoms with Gasteiger partial charge in [0.05, 0.1) is 39.1 Å². The van der Waals surface area contributed by atoms with Crippen LogP contribution in [0.15, 0.2) is 35.8 Å². The first-order chi connectivity index (χ1) is 15.1. The number of thiazole rings is 1. The molecule has 0 radical (unpaired) electrons. The van der Waals surface area contributed by atoms with E-state index in [0.29, 0.717) is 47.8 Å². The molecule has 1 fully saturated rings. The van der Waals surface area contributed by atoms with Crippen LogP contribution in [0, 0.1) is 0 Å². The first-order valence-electron chi connectivity index (χ1n) is 9.60. The Morgan fingerprint density at radius 3 is 2.90 bits per heavy atom. The molecule has 162 valence electrons. The van der Waals surface area contributed by atoms with Crippen molar-refractivity contribution < 1.29 is 19.1 Å². The van der Waals surface area contributed by atoms with Gasteiger partial charge in [-0.2, -0.15) is 5.10 Å². The average molecular weight is 443 g/mol. The first kappa shape index (κ1) is 20.7. The lowest BCUT2D eigenvalue weighted by Gasteiger charge is -2.14. The van der Waals surface area contributed by atoms with Gasteiger partial charge in [-0.15, -0.1) is 11.3 Å². The molecule has 0 bridgehead atoms. The standard InChI is InChI=1S/C20H22N6O4S/c1-29-15-5-3-4-13(18(15)30-2)11-26-16(6-7-22-26)24-17(27)10-14-12-31-20(23-14)25-9-8-21-19(25)28/h3-7,12H,8-11H2,1-2H3,(H,21,28)(H,24,27). The van der Waals surface area contributed by atoms with Crippen LogP contribution >= 0.6 is 11.3 Å². The summed E-state index contributed by atoms with van der Waals surface area (Å²) in [7, 11) is 3.17. The van der Waals surface area contributed by atoms with Crippen LogP contribution in [0.5, 0.6) is 11.5 Å². The van der Waals surface area contributed by atoms with Crippen molar-refractivity contribution in [3.8, 4) is 11.5 Å². The van der Waals surface area contributed by atoms with Gasteiger partial charge in [0.15, 0.2) is 16.6 Å². The van der Waals surface area contributed by atoms with E-state index in [-0.39, 0.29) is 18.4 Å². The number of rotatable bonds is 8. The molecular weight excluding hydrogens is 420 g/mol. The number of urea groups is 1. The van der Waals surface area contributed by atoms with Crippen LogP contribution in [0.4, 0.5) is 15.7 Å². The normalized spacial score (nSPS) is 13.2. The Morgan fingerprint density at radius 1 is 1.29 bits per heavy atom. The minimum Gasteiger partial charge on any atom is -0.493 e. The van der Waals surface area contributed by atoms with Gasteiger partial charge in [0.25, 0.3) is 0 Å². The van der Waals surface area contributed by atoms with E-state index in [2.05, 4.69) is 20.7 Å². The van der Waals surface area contributed by atoms with Crippen LogP contribution < -0.4 is 25.0 Å². The number of aromatic nitrogens is 3. The third-order valence-corrected chi connectivity index (χ3v) is 5.67. The lowest BCUT2D eigenvalue weighted by Crippen LogP contribution is -2.27. The van der Waals surface area contributed by atoms with E-state index in [4.69, 9.17) is 9.47 Å². The molecule has 11 heteroatoms. The maximum Gasteiger partial charge on any atom is 0.323 e. The SMILES string of the molecule is COc1cccc(Cn2nccc2NC(=O)Cc2csc(N3CCNC3=O)n2)c1OC. The Hall–Kier alpha value is -3.60. The van der Waals surface area contributed by atoms with Gasteiger partial charge in [-0.25, -0.2) is 14.5 Å². The van der Waals surface area contributed by atoms with Crippen LogP contribution in [-0.4, -0.2) is 54.0 Å². The summed E-state index contributed by atoms with van der Waals surface area (Å²) in [5.41, 5.74) is 1.48. The molecule has 1 aliphatic heterocycles. The van der Waals surface area contributed by atoms with Gasteiger partial charge >= 0.3 is 6.03 Å². The van der Waals surface area contributed by atoms with Gasteiger partial charge in [0, 0.05) is 30.1 Å². The number of hydrogen-bond donors (Lipinski definition) is 2. The predicted molar refractivity (Wildman–Crippen MR) is 116 cm³/mol. The Bertz CT molecular complexity index is 1100. The number of benzene rings is 1. The fourth-order valence-electron chi connectivity index (χ4n) is 3.31. The fourth-order valence-corrected chi connectivity index (χ4v) is 4.16. The van der Waals surface area contributed by atoms with Gasteiger partial charge < -0.3 is 20.1 Å². The van der Waals surface area contributed by atoms with Gasteiger partial charge in [-0.05, 0) is 6.07 Å². The number of nitrogens with zero attached hydrogens (tertiary/aromatic N) is 4. The van der Waals surface area contributed by atoms with Crippen molar-refractivity contribution in [3.63, 3.8) is 0 Å². The van der Waals surface area contributed by atoms with Crippen molar-refractivity contribution >= 4 is 34.2 Å². The molecule has 2 N–H and O–H groups in total. The third-order valence-electron chi connectivity index (χ3n) is 4.76. The molecule has 0 aliphatic carbocycles. The van der Waals surface area contributed by atoms with E-state index in [9.17, 15) is 9.59 Å². The summed E-state index contributed by atoms with van der Waals surface area (Å²) >= 11 is 1.34. The smallest absolute Gasteiger partial charge is 0.323 e. The Balaban J connectivity index is 1.42. The van der Waals surface area contributed by atoms with Crippen molar-refractivity contribution in [2.75, 3.05) is 37.5 Å². The van der Waals surface area contributed by atoms with Gasteiger partial charge in [-0.1, -0.05) is 12.1 Å². The van der Waals surface area contributed by atoms with Gasteiger partial charge in [-0.3, -0.25) is 9.69 Å². The molecule has 4 rings (SSSR count).